The van der Waals surface area contributed by atoms with Crippen LogP contribution in [-0.2, 0) is 6.54 Å². The van der Waals surface area contributed by atoms with Gasteiger partial charge in [-0.3, -0.25) is 0 Å². The smallest absolute Gasteiger partial charge is 0.121 e. The third kappa shape index (κ3) is 3.26. The normalized spacial score (nSPS) is 10.2. The second-order valence-electron chi connectivity index (χ2n) is 4.17. The second-order valence-corrected chi connectivity index (χ2v) is 5.08. The van der Waals surface area contributed by atoms with Crippen molar-refractivity contribution in [3.63, 3.8) is 0 Å². The number of ether oxygens (including phenoxy) is 1. The number of rotatable bonds is 4. The maximum atomic E-state index is 5.24. The zero-order valence-corrected chi connectivity index (χ0v) is 12.1. The first-order valence-electron chi connectivity index (χ1n) is 5.82. The summed E-state index contributed by atoms with van der Waals surface area (Å²) in [5.74, 6) is 0.919. The van der Waals surface area contributed by atoms with Crippen molar-refractivity contribution >= 4 is 21.6 Å². The molecule has 0 amide bonds. The lowest BCUT2D eigenvalue weighted by Gasteiger charge is -2.10. The Kier molecular flexibility index (Phi) is 4.26. The van der Waals surface area contributed by atoms with Crippen molar-refractivity contribution < 1.29 is 4.74 Å². The number of hydrogen-bond acceptors (Lipinski definition) is 2. The Morgan fingerprint density at radius 2 is 2.00 bits per heavy atom. The van der Waals surface area contributed by atoms with E-state index in [1.807, 2.05) is 31.2 Å². The average molecular weight is 306 g/mol. The average Bonchev–Trinajstić information content (AvgIpc) is 2.37. The van der Waals surface area contributed by atoms with E-state index in [2.05, 4.69) is 39.4 Å². The zero-order chi connectivity index (χ0) is 13.0. The molecule has 0 atom stereocenters. The third-order valence-corrected chi connectivity index (χ3v) is 3.27. The maximum Gasteiger partial charge on any atom is 0.121 e. The van der Waals surface area contributed by atoms with Gasteiger partial charge in [0.1, 0.15) is 5.75 Å². The molecule has 0 aliphatic rings. The van der Waals surface area contributed by atoms with Crippen LogP contribution in [0.1, 0.15) is 11.1 Å². The molecular weight excluding hydrogens is 290 g/mol. The highest BCUT2D eigenvalue weighted by Gasteiger charge is 2.00. The Labute approximate surface area is 116 Å². The standard InChI is InChI=1S/C15H16BrNO/c1-11-8-14(6-7-15(11)18-2)17-10-12-4-3-5-13(16)9-12/h3-9,17H,10H2,1-2H3. The molecule has 0 fully saturated rings. The van der Waals surface area contributed by atoms with Crippen LogP contribution < -0.4 is 10.1 Å². The number of aryl methyl sites for hydroxylation is 1. The fourth-order valence-corrected chi connectivity index (χ4v) is 2.29. The monoisotopic (exact) mass is 305 g/mol. The topological polar surface area (TPSA) is 21.3 Å². The van der Waals surface area contributed by atoms with Crippen molar-refractivity contribution in [2.45, 2.75) is 13.5 Å². The van der Waals surface area contributed by atoms with Crippen molar-refractivity contribution in [2.75, 3.05) is 12.4 Å². The largest absolute Gasteiger partial charge is 0.496 e. The molecule has 0 unspecified atom stereocenters. The molecule has 3 heteroatoms. The number of anilines is 1. The van der Waals surface area contributed by atoms with Crippen molar-refractivity contribution in [3.05, 3.63) is 58.1 Å². The van der Waals surface area contributed by atoms with Crippen molar-refractivity contribution in [3.8, 4) is 5.75 Å². The third-order valence-electron chi connectivity index (χ3n) is 2.78. The van der Waals surface area contributed by atoms with Gasteiger partial charge in [0, 0.05) is 16.7 Å². The van der Waals surface area contributed by atoms with Gasteiger partial charge in [-0.2, -0.15) is 0 Å². The molecule has 2 aromatic carbocycles. The molecule has 94 valence electrons. The van der Waals surface area contributed by atoms with Gasteiger partial charge in [-0.05, 0) is 48.4 Å². The summed E-state index contributed by atoms with van der Waals surface area (Å²) in [6, 6.07) is 14.4. The lowest BCUT2D eigenvalue weighted by Crippen LogP contribution is -1.99. The molecule has 2 rings (SSSR count). The fraction of sp³-hybridized carbons (Fsp3) is 0.200. The van der Waals surface area contributed by atoms with E-state index < -0.39 is 0 Å². The van der Waals surface area contributed by atoms with Gasteiger partial charge in [-0.25, -0.2) is 0 Å². The number of hydrogen-bond donors (Lipinski definition) is 1. The van der Waals surface area contributed by atoms with Gasteiger partial charge in [-0.1, -0.05) is 28.1 Å². The van der Waals surface area contributed by atoms with Crippen LogP contribution in [0.5, 0.6) is 5.75 Å². The van der Waals surface area contributed by atoms with Gasteiger partial charge in [-0.15, -0.1) is 0 Å². The van der Waals surface area contributed by atoms with Crippen molar-refractivity contribution in [1.82, 2.24) is 0 Å². The van der Waals surface area contributed by atoms with Crippen LogP contribution in [0.3, 0.4) is 0 Å². The molecule has 0 spiro atoms. The molecule has 18 heavy (non-hydrogen) atoms. The highest BCUT2D eigenvalue weighted by atomic mass is 79.9. The first-order chi connectivity index (χ1) is 8.69. The Bertz CT molecular complexity index is 540. The van der Waals surface area contributed by atoms with Crippen LogP contribution >= 0.6 is 15.9 Å². The summed E-state index contributed by atoms with van der Waals surface area (Å²) < 4.78 is 6.35. The number of nitrogens with one attached hydrogen (secondary N) is 1. The summed E-state index contributed by atoms with van der Waals surface area (Å²) in [6.45, 7) is 2.86. The van der Waals surface area contributed by atoms with Gasteiger partial charge in [0.15, 0.2) is 0 Å². The van der Waals surface area contributed by atoms with E-state index in [1.54, 1.807) is 7.11 Å². The number of methoxy groups -OCH3 is 1. The summed E-state index contributed by atoms with van der Waals surface area (Å²) in [6.07, 6.45) is 0. The zero-order valence-electron chi connectivity index (χ0n) is 10.5. The minimum Gasteiger partial charge on any atom is -0.496 e. The Hall–Kier alpha value is -1.48. The van der Waals surface area contributed by atoms with Crippen LogP contribution in [-0.4, -0.2) is 7.11 Å². The van der Waals surface area contributed by atoms with Crippen LogP contribution in [0.2, 0.25) is 0 Å². The van der Waals surface area contributed by atoms with E-state index in [9.17, 15) is 0 Å². The highest BCUT2D eigenvalue weighted by Crippen LogP contribution is 2.22. The van der Waals surface area contributed by atoms with E-state index in [1.165, 1.54) is 5.56 Å². The SMILES string of the molecule is COc1ccc(NCc2cccc(Br)c2)cc1C. The predicted octanol–water partition coefficient (Wildman–Crippen LogP) is 4.38. The minimum atomic E-state index is 0.811. The molecule has 0 radical (unpaired) electrons. The number of benzene rings is 2. The Morgan fingerprint density at radius 1 is 1.17 bits per heavy atom. The van der Waals surface area contributed by atoms with Gasteiger partial charge < -0.3 is 10.1 Å². The molecule has 0 aliphatic carbocycles. The molecule has 0 aliphatic heterocycles. The Balaban J connectivity index is 2.04. The molecule has 2 nitrogen and oxygen atoms in total. The number of halogens is 1. The summed E-state index contributed by atoms with van der Waals surface area (Å²) >= 11 is 3.47. The van der Waals surface area contributed by atoms with Gasteiger partial charge in [0.05, 0.1) is 7.11 Å². The maximum absolute atomic E-state index is 5.24. The molecule has 0 saturated heterocycles. The van der Waals surface area contributed by atoms with E-state index in [-0.39, 0.29) is 0 Å². The molecule has 1 N–H and O–H groups in total. The van der Waals surface area contributed by atoms with Crippen LogP contribution in [0.25, 0.3) is 0 Å². The van der Waals surface area contributed by atoms with Crippen LogP contribution in [0.15, 0.2) is 46.9 Å². The fourth-order valence-electron chi connectivity index (χ4n) is 1.84. The quantitative estimate of drug-likeness (QED) is 0.905. The van der Waals surface area contributed by atoms with Crippen molar-refractivity contribution in [1.29, 1.82) is 0 Å². The second kappa shape index (κ2) is 5.91. The van der Waals surface area contributed by atoms with Crippen molar-refractivity contribution in [2.24, 2.45) is 0 Å². The minimum absolute atomic E-state index is 0.811. The van der Waals surface area contributed by atoms with E-state index in [4.69, 9.17) is 4.74 Å². The molecule has 0 bridgehead atoms. The predicted molar refractivity (Wildman–Crippen MR) is 79.2 cm³/mol. The van der Waals surface area contributed by atoms with E-state index in [0.29, 0.717) is 0 Å². The molecule has 0 aromatic heterocycles. The first kappa shape index (κ1) is 13.0. The Morgan fingerprint density at radius 3 is 2.67 bits per heavy atom. The van der Waals surface area contributed by atoms with Gasteiger partial charge in [0.2, 0.25) is 0 Å². The van der Waals surface area contributed by atoms with E-state index >= 15 is 0 Å². The van der Waals surface area contributed by atoms with E-state index in [0.717, 1.165) is 28.0 Å². The first-order valence-corrected chi connectivity index (χ1v) is 6.61. The van der Waals surface area contributed by atoms with Gasteiger partial charge >= 0.3 is 0 Å². The lowest BCUT2D eigenvalue weighted by molar-refractivity contribution is 0.412. The van der Waals surface area contributed by atoms with Crippen LogP contribution in [0.4, 0.5) is 5.69 Å². The summed E-state index contributed by atoms with van der Waals surface area (Å²) in [5.41, 5.74) is 3.49. The molecule has 0 heterocycles. The summed E-state index contributed by atoms with van der Waals surface area (Å²) in [7, 11) is 1.69. The molecular formula is C15H16BrNO. The lowest BCUT2D eigenvalue weighted by atomic mass is 10.2. The summed E-state index contributed by atoms with van der Waals surface area (Å²) in [4.78, 5) is 0. The molecule has 0 saturated carbocycles. The highest BCUT2D eigenvalue weighted by molar-refractivity contribution is 9.10. The van der Waals surface area contributed by atoms with Crippen LogP contribution in [0, 0.1) is 6.92 Å². The summed E-state index contributed by atoms with van der Waals surface area (Å²) in [5, 5.41) is 3.40. The van der Waals surface area contributed by atoms with Gasteiger partial charge in [0.25, 0.3) is 0 Å². The molecule has 2 aromatic rings.